The second-order valence-electron chi connectivity index (χ2n) is 5.26. The molecule has 0 unspecified atom stereocenters. The molecule has 1 aromatic heterocycles. The first-order chi connectivity index (χ1) is 11.2. The number of hydrogen-bond donors (Lipinski definition) is 1. The Bertz CT molecular complexity index is 698. The van der Waals surface area contributed by atoms with E-state index >= 15 is 0 Å². The normalized spacial score (nSPS) is 15.4. The molecule has 0 saturated carbocycles. The van der Waals surface area contributed by atoms with Crippen molar-refractivity contribution in [1.82, 2.24) is 4.98 Å². The van der Waals surface area contributed by atoms with Crippen LogP contribution in [0.15, 0.2) is 23.6 Å². The van der Waals surface area contributed by atoms with Crippen LogP contribution in [0.3, 0.4) is 0 Å². The van der Waals surface area contributed by atoms with Gasteiger partial charge >= 0.3 is 0 Å². The third kappa shape index (κ3) is 3.68. The summed E-state index contributed by atoms with van der Waals surface area (Å²) in [5, 5.41) is 5.15. The number of methoxy groups -OCH3 is 1. The van der Waals surface area contributed by atoms with Gasteiger partial charge in [-0.1, -0.05) is 0 Å². The lowest BCUT2D eigenvalue weighted by Gasteiger charge is -2.20. The standard InChI is InChI=1S/C16H17FN2O3S/c1-21-14-3-2-11(8-12(14)17)13-9-23-16(18-13)19-15(20)10-4-6-22-7-5-10/h2-3,8-10H,4-7H2,1H3,(H,18,19,20). The number of amides is 1. The lowest BCUT2D eigenvalue weighted by atomic mass is 10.00. The maximum Gasteiger partial charge on any atom is 0.229 e. The predicted molar refractivity (Wildman–Crippen MR) is 86.2 cm³/mol. The Kier molecular flexibility index (Phi) is 4.88. The Morgan fingerprint density at radius 2 is 2.22 bits per heavy atom. The van der Waals surface area contributed by atoms with E-state index in [1.165, 1.54) is 24.5 Å². The van der Waals surface area contributed by atoms with Crippen LogP contribution >= 0.6 is 11.3 Å². The highest BCUT2D eigenvalue weighted by atomic mass is 32.1. The van der Waals surface area contributed by atoms with E-state index in [-0.39, 0.29) is 17.6 Å². The molecule has 23 heavy (non-hydrogen) atoms. The number of carbonyl (C=O) groups excluding carboxylic acids is 1. The summed E-state index contributed by atoms with van der Waals surface area (Å²) in [7, 11) is 1.42. The molecule has 0 radical (unpaired) electrons. The second-order valence-corrected chi connectivity index (χ2v) is 6.12. The molecule has 0 aliphatic carbocycles. The third-order valence-corrected chi connectivity index (χ3v) is 4.53. The van der Waals surface area contributed by atoms with E-state index in [0.717, 1.165) is 12.8 Å². The number of nitrogens with zero attached hydrogens (tertiary/aromatic N) is 1. The van der Waals surface area contributed by atoms with Gasteiger partial charge in [-0.15, -0.1) is 11.3 Å². The maximum absolute atomic E-state index is 13.8. The fourth-order valence-corrected chi connectivity index (χ4v) is 3.18. The Labute approximate surface area is 137 Å². The maximum atomic E-state index is 13.8. The first-order valence-electron chi connectivity index (χ1n) is 7.35. The highest BCUT2D eigenvalue weighted by Gasteiger charge is 2.22. The van der Waals surface area contributed by atoms with Gasteiger partial charge in [0.25, 0.3) is 0 Å². The van der Waals surface area contributed by atoms with Crippen LogP contribution in [0.1, 0.15) is 12.8 Å². The van der Waals surface area contributed by atoms with Crippen LogP contribution in [0, 0.1) is 11.7 Å². The molecule has 7 heteroatoms. The molecular weight excluding hydrogens is 319 g/mol. The van der Waals surface area contributed by atoms with E-state index in [2.05, 4.69) is 10.3 Å². The zero-order valence-electron chi connectivity index (χ0n) is 12.7. The second kappa shape index (κ2) is 7.06. The van der Waals surface area contributed by atoms with E-state index in [0.29, 0.717) is 29.6 Å². The summed E-state index contributed by atoms with van der Waals surface area (Å²) in [5.74, 6) is -0.313. The first-order valence-corrected chi connectivity index (χ1v) is 8.23. The lowest BCUT2D eigenvalue weighted by molar-refractivity contribution is -0.122. The van der Waals surface area contributed by atoms with Crippen LogP contribution in [-0.4, -0.2) is 31.2 Å². The number of aromatic nitrogens is 1. The summed E-state index contributed by atoms with van der Waals surface area (Å²) in [6, 6.07) is 4.67. The molecular formula is C16H17FN2O3S. The molecule has 1 saturated heterocycles. The number of carbonyl (C=O) groups is 1. The van der Waals surface area contributed by atoms with Gasteiger partial charge < -0.3 is 14.8 Å². The molecule has 1 aliphatic heterocycles. The monoisotopic (exact) mass is 336 g/mol. The molecule has 2 heterocycles. The highest BCUT2D eigenvalue weighted by Crippen LogP contribution is 2.29. The van der Waals surface area contributed by atoms with Crippen molar-refractivity contribution in [3.05, 3.63) is 29.4 Å². The number of thiazole rings is 1. The molecule has 5 nitrogen and oxygen atoms in total. The SMILES string of the molecule is COc1ccc(-c2csc(NC(=O)C3CCOCC3)n2)cc1F. The average Bonchev–Trinajstić information content (AvgIpc) is 3.04. The summed E-state index contributed by atoms with van der Waals surface area (Å²) < 4.78 is 23.9. The zero-order valence-corrected chi connectivity index (χ0v) is 13.5. The van der Waals surface area contributed by atoms with Crippen molar-refractivity contribution < 1.29 is 18.7 Å². The van der Waals surface area contributed by atoms with Crippen molar-refractivity contribution >= 4 is 22.4 Å². The van der Waals surface area contributed by atoms with Crippen LogP contribution in [0.4, 0.5) is 9.52 Å². The predicted octanol–water partition coefficient (Wildman–Crippen LogP) is 3.32. The number of ether oxygens (including phenoxy) is 2. The number of rotatable bonds is 4. The highest BCUT2D eigenvalue weighted by molar-refractivity contribution is 7.14. The summed E-state index contributed by atoms with van der Waals surface area (Å²) >= 11 is 1.32. The molecule has 2 aromatic rings. The van der Waals surface area contributed by atoms with E-state index in [9.17, 15) is 9.18 Å². The van der Waals surface area contributed by atoms with Gasteiger partial charge in [-0.05, 0) is 31.0 Å². The van der Waals surface area contributed by atoms with Gasteiger partial charge in [-0.25, -0.2) is 9.37 Å². The number of hydrogen-bond acceptors (Lipinski definition) is 5. The minimum Gasteiger partial charge on any atom is -0.494 e. The number of nitrogens with one attached hydrogen (secondary N) is 1. The summed E-state index contributed by atoms with van der Waals surface area (Å²) in [6.45, 7) is 1.23. The van der Waals surface area contributed by atoms with Gasteiger partial charge in [-0.3, -0.25) is 4.79 Å². The minimum atomic E-state index is -0.439. The first kappa shape index (κ1) is 15.9. The molecule has 1 N–H and O–H groups in total. The van der Waals surface area contributed by atoms with Crippen LogP contribution in [0.5, 0.6) is 5.75 Å². The van der Waals surface area contributed by atoms with E-state index < -0.39 is 5.82 Å². The quantitative estimate of drug-likeness (QED) is 0.930. The Morgan fingerprint density at radius 3 is 2.91 bits per heavy atom. The summed E-state index contributed by atoms with van der Waals surface area (Å²) in [6.07, 6.45) is 1.46. The van der Waals surface area contributed by atoms with Crippen molar-refractivity contribution in [1.29, 1.82) is 0 Å². The van der Waals surface area contributed by atoms with Gasteiger partial charge in [0.1, 0.15) is 0 Å². The summed E-state index contributed by atoms with van der Waals surface area (Å²) in [5.41, 5.74) is 1.27. The van der Waals surface area contributed by atoms with Crippen molar-refractivity contribution in [3.63, 3.8) is 0 Å². The zero-order chi connectivity index (χ0) is 16.2. The molecule has 0 atom stereocenters. The number of halogens is 1. The van der Waals surface area contributed by atoms with Gasteiger partial charge in [0, 0.05) is 30.1 Å². The molecule has 1 fully saturated rings. The van der Waals surface area contributed by atoms with Crippen LogP contribution in [0.2, 0.25) is 0 Å². The molecule has 3 rings (SSSR count). The van der Waals surface area contributed by atoms with E-state index in [1.54, 1.807) is 17.5 Å². The Hall–Kier alpha value is -1.99. The fraction of sp³-hybridized carbons (Fsp3) is 0.375. The van der Waals surface area contributed by atoms with Gasteiger partial charge in [0.05, 0.1) is 12.8 Å². The molecule has 1 amide bonds. The topological polar surface area (TPSA) is 60.5 Å². The van der Waals surface area contributed by atoms with Crippen molar-refractivity contribution in [2.45, 2.75) is 12.8 Å². The fourth-order valence-electron chi connectivity index (χ4n) is 2.46. The Morgan fingerprint density at radius 1 is 1.43 bits per heavy atom. The molecule has 0 bridgehead atoms. The molecule has 122 valence electrons. The van der Waals surface area contributed by atoms with E-state index in [1.807, 2.05) is 0 Å². The largest absolute Gasteiger partial charge is 0.494 e. The van der Waals surface area contributed by atoms with Crippen molar-refractivity contribution in [2.24, 2.45) is 5.92 Å². The van der Waals surface area contributed by atoms with Crippen LogP contribution < -0.4 is 10.1 Å². The van der Waals surface area contributed by atoms with Gasteiger partial charge in [0.2, 0.25) is 5.91 Å². The summed E-state index contributed by atoms with van der Waals surface area (Å²) in [4.78, 5) is 16.5. The molecule has 1 aromatic carbocycles. The van der Waals surface area contributed by atoms with Crippen LogP contribution in [-0.2, 0) is 9.53 Å². The van der Waals surface area contributed by atoms with Gasteiger partial charge in [-0.2, -0.15) is 0 Å². The van der Waals surface area contributed by atoms with Gasteiger partial charge in [0.15, 0.2) is 16.7 Å². The lowest BCUT2D eigenvalue weighted by Crippen LogP contribution is -2.28. The van der Waals surface area contributed by atoms with Crippen molar-refractivity contribution in [2.75, 3.05) is 25.6 Å². The number of anilines is 1. The van der Waals surface area contributed by atoms with E-state index in [4.69, 9.17) is 9.47 Å². The Balaban J connectivity index is 1.70. The average molecular weight is 336 g/mol. The molecule has 0 spiro atoms. The number of benzene rings is 1. The third-order valence-electron chi connectivity index (χ3n) is 3.77. The van der Waals surface area contributed by atoms with Crippen molar-refractivity contribution in [3.8, 4) is 17.0 Å². The smallest absolute Gasteiger partial charge is 0.229 e. The van der Waals surface area contributed by atoms with Crippen LogP contribution in [0.25, 0.3) is 11.3 Å². The molecule has 1 aliphatic rings. The minimum absolute atomic E-state index is 0.0323.